The van der Waals surface area contributed by atoms with Crippen molar-refractivity contribution in [3.8, 4) is 0 Å². The van der Waals surface area contributed by atoms with Crippen molar-refractivity contribution in [1.82, 2.24) is 4.98 Å². The van der Waals surface area contributed by atoms with Gasteiger partial charge in [0.2, 0.25) is 5.91 Å². The third-order valence-electron chi connectivity index (χ3n) is 4.11. The second-order valence-electron chi connectivity index (χ2n) is 5.45. The van der Waals surface area contributed by atoms with E-state index in [1.165, 1.54) is 0 Å². The topological polar surface area (TPSA) is 42.0 Å². The van der Waals surface area contributed by atoms with Crippen molar-refractivity contribution in [3.05, 3.63) is 34.4 Å². The number of anilines is 1. The Labute approximate surface area is 121 Å². The van der Waals surface area contributed by atoms with Crippen LogP contribution in [0, 0.1) is 0 Å². The largest absolute Gasteiger partial charge is 0.324 e. The van der Waals surface area contributed by atoms with Crippen molar-refractivity contribution in [2.45, 2.75) is 24.2 Å². The second kappa shape index (κ2) is 3.55. The number of halogens is 3. The molecule has 1 fully saturated rings. The molecular weight excluding hydrogens is 330 g/mol. The Hall–Kier alpha value is -1.56. The van der Waals surface area contributed by atoms with Crippen LogP contribution in [0.2, 0.25) is 0 Å². The van der Waals surface area contributed by atoms with Crippen LogP contribution in [0.4, 0.5) is 14.5 Å². The van der Waals surface area contributed by atoms with Gasteiger partial charge in [0.05, 0.1) is 22.8 Å². The molecule has 4 rings (SSSR count). The third kappa shape index (κ3) is 1.43. The highest BCUT2D eigenvalue weighted by Crippen LogP contribution is 2.59. The van der Waals surface area contributed by atoms with Gasteiger partial charge in [-0.2, -0.15) is 0 Å². The van der Waals surface area contributed by atoms with Crippen LogP contribution >= 0.6 is 15.9 Å². The zero-order valence-electron chi connectivity index (χ0n) is 10.2. The van der Waals surface area contributed by atoms with Gasteiger partial charge < -0.3 is 5.32 Å². The van der Waals surface area contributed by atoms with Crippen LogP contribution in [0.25, 0.3) is 10.9 Å². The van der Waals surface area contributed by atoms with E-state index in [-0.39, 0.29) is 5.91 Å². The number of pyridine rings is 1. The first-order valence-electron chi connectivity index (χ1n) is 6.19. The molecule has 20 heavy (non-hydrogen) atoms. The Morgan fingerprint density at radius 1 is 1.30 bits per heavy atom. The van der Waals surface area contributed by atoms with Gasteiger partial charge in [0.15, 0.2) is 0 Å². The van der Waals surface area contributed by atoms with E-state index in [1.54, 1.807) is 6.20 Å². The van der Waals surface area contributed by atoms with Crippen LogP contribution < -0.4 is 5.32 Å². The number of carbonyl (C=O) groups is 1. The molecule has 1 aromatic heterocycles. The number of aromatic nitrogens is 1. The van der Waals surface area contributed by atoms with Gasteiger partial charge in [-0.25, -0.2) is 8.78 Å². The van der Waals surface area contributed by atoms with Gasteiger partial charge in [-0.15, -0.1) is 0 Å². The summed E-state index contributed by atoms with van der Waals surface area (Å²) in [4.78, 5) is 16.4. The molecular formula is C14H9BrF2N2O. The van der Waals surface area contributed by atoms with Crippen LogP contribution in [0.1, 0.15) is 18.4 Å². The van der Waals surface area contributed by atoms with E-state index in [1.807, 2.05) is 18.2 Å². The van der Waals surface area contributed by atoms with E-state index in [4.69, 9.17) is 0 Å². The van der Waals surface area contributed by atoms with Crippen molar-refractivity contribution in [1.29, 1.82) is 0 Å². The highest BCUT2D eigenvalue weighted by molar-refractivity contribution is 9.10. The summed E-state index contributed by atoms with van der Waals surface area (Å²) >= 11 is 3.37. The first-order valence-corrected chi connectivity index (χ1v) is 6.99. The molecule has 2 aliphatic rings. The summed E-state index contributed by atoms with van der Waals surface area (Å²) in [5, 5.41) is 3.44. The van der Waals surface area contributed by atoms with E-state index < -0.39 is 24.2 Å². The van der Waals surface area contributed by atoms with Gasteiger partial charge in [-0.05, 0) is 18.2 Å². The summed E-state index contributed by atoms with van der Waals surface area (Å²) < 4.78 is 27.6. The van der Waals surface area contributed by atoms with Crippen molar-refractivity contribution in [2.75, 3.05) is 5.32 Å². The summed E-state index contributed by atoms with van der Waals surface area (Å²) in [6, 6.07) is 5.49. The summed E-state index contributed by atoms with van der Waals surface area (Å²) in [7, 11) is 0. The molecule has 0 saturated heterocycles. The van der Waals surface area contributed by atoms with E-state index in [2.05, 4.69) is 26.2 Å². The van der Waals surface area contributed by atoms with E-state index in [0.717, 1.165) is 9.86 Å². The average Bonchev–Trinajstić information content (AvgIpc) is 2.61. The summed E-state index contributed by atoms with van der Waals surface area (Å²) in [5.41, 5.74) is 0.828. The predicted molar refractivity (Wildman–Crippen MR) is 73.9 cm³/mol. The molecule has 2 aromatic rings. The minimum atomic E-state index is -2.76. The zero-order valence-corrected chi connectivity index (χ0v) is 11.8. The molecule has 2 heterocycles. The molecule has 1 aliphatic carbocycles. The highest BCUT2D eigenvalue weighted by Gasteiger charge is 2.65. The van der Waals surface area contributed by atoms with Crippen LogP contribution in [-0.2, 0) is 10.2 Å². The first kappa shape index (κ1) is 12.2. The van der Waals surface area contributed by atoms with Gasteiger partial charge in [0, 0.05) is 28.3 Å². The molecule has 1 aromatic carbocycles. The van der Waals surface area contributed by atoms with Crippen molar-refractivity contribution in [2.24, 2.45) is 0 Å². The van der Waals surface area contributed by atoms with Crippen LogP contribution in [-0.4, -0.2) is 16.8 Å². The molecule has 6 heteroatoms. The van der Waals surface area contributed by atoms with E-state index >= 15 is 0 Å². The number of amides is 1. The lowest BCUT2D eigenvalue weighted by Gasteiger charge is -2.43. The quantitative estimate of drug-likeness (QED) is 0.797. The van der Waals surface area contributed by atoms with Gasteiger partial charge >= 0.3 is 0 Å². The molecule has 1 aliphatic heterocycles. The zero-order chi connectivity index (χ0) is 14.1. The lowest BCUT2D eigenvalue weighted by atomic mass is 9.62. The molecule has 1 amide bonds. The summed E-state index contributed by atoms with van der Waals surface area (Å²) in [6.45, 7) is 0. The molecule has 102 valence electrons. The minimum absolute atomic E-state index is 0.340. The predicted octanol–water partition coefficient (Wildman–Crippen LogP) is 3.62. The molecule has 1 spiro atoms. The maximum atomic E-state index is 13.4. The Morgan fingerprint density at radius 3 is 2.75 bits per heavy atom. The number of nitrogens with zero attached hydrogens (tertiary/aromatic N) is 1. The molecule has 1 saturated carbocycles. The fourth-order valence-electron chi connectivity index (χ4n) is 3.30. The van der Waals surface area contributed by atoms with Crippen LogP contribution in [0.3, 0.4) is 0 Å². The Morgan fingerprint density at radius 2 is 2.05 bits per heavy atom. The number of hydrogen-bond donors (Lipinski definition) is 1. The monoisotopic (exact) mass is 338 g/mol. The molecule has 0 radical (unpaired) electrons. The molecule has 0 atom stereocenters. The van der Waals surface area contributed by atoms with Crippen LogP contribution in [0.5, 0.6) is 0 Å². The smallest absolute Gasteiger partial charge is 0.250 e. The van der Waals surface area contributed by atoms with Gasteiger partial charge in [0.1, 0.15) is 0 Å². The van der Waals surface area contributed by atoms with Crippen LogP contribution in [0.15, 0.2) is 28.9 Å². The van der Waals surface area contributed by atoms with Crippen molar-refractivity contribution >= 4 is 38.4 Å². The maximum absolute atomic E-state index is 13.4. The number of rotatable bonds is 0. The van der Waals surface area contributed by atoms with Crippen molar-refractivity contribution < 1.29 is 13.6 Å². The normalized spacial score (nSPS) is 21.6. The average molecular weight is 339 g/mol. The lowest BCUT2D eigenvalue weighted by molar-refractivity contribution is -0.152. The SMILES string of the molecule is O=C1Nc2cnc3ccc(Br)cc3c2C12CC(F)(F)C2. The maximum Gasteiger partial charge on any atom is 0.250 e. The number of hydrogen-bond acceptors (Lipinski definition) is 2. The van der Waals surface area contributed by atoms with E-state index in [9.17, 15) is 13.6 Å². The minimum Gasteiger partial charge on any atom is -0.324 e. The Bertz CT molecular complexity index is 767. The molecule has 0 unspecified atom stereocenters. The van der Waals surface area contributed by atoms with E-state index in [0.29, 0.717) is 16.8 Å². The standard InChI is InChI=1S/C14H9BrF2N2O/c15-7-1-2-9-8(3-7)11-10(4-18-9)19-12(20)13(11)5-14(16,17)6-13/h1-4H,5-6H2,(H,19,20). The summed E-state index contributed by atoms with van der Waals surface area (Å²) in [5.74, 6) is -3.10. The second-order valence-corrected chi connectivity index (χ2v) is 6.37. The number of alkyl halides is 2. The third-order valence-corrected chi connectivity index (χ3v) is 4.61. The number of benzene rings is 1. The van der Waals surface area contributed by atoms with Gasteiger partial charge in [-0.3, -0.25) is 9.78 Å². The highest BCUT2D eigenvalue weighted by atomic mass is 79.9. The summed E-state index contributed by atoms with van der Waals surface area (Å²) in [6.07, 6.45) is 0.698. The number of fused-ring (bicyclic) bond motifs is 4. The molecule has 0 bridgehead atoms. The fraction of sp³-hybridized carbons (Fsp3) is 0.286. The fourth-order valence-corrected chi connectivity index (χ4v) is 3.66. The van der Waals surface area contributed by atoms with Crippen molar-refractivity contribution in [3.63, 3.8) is 0 Å². The number of carbonyl (C=O) groups excluding carboxylic acids is 1. The number of nitrogens with one attached hydrogen (secondary N) is 1. The molecule has 1 N–H and O–H groups in total. The lowest BCUT2D eigenvalue weighted by Crippen LogP contribution is -2.53. The first-order chi connectivity index (χ1) is 9.41. The molecule has 3 nitrogen and oxygen atoms in total. The Balaban J connectivity index is 2.02. The Kier molecular flexibility index (Phi) is 2.17. The van der Waals surface area contributed by atoms with Gasteiger partial charge in [0.25, 0.3) is 5.92 Å². The van der Waals surface area contributed by atoms with Gasteiger partial charge in [-0.1, -0.05) is 15.9 Å².